The first-order valence-corrected chi connectivity index (χ1v) is 9.35. The van der Waals surface area contributed by atoms with Gasteiger partial charge in [0.05, 0.1) is 12.3 Å². The lowest BCUT2D eigenvalue weighted by atomic mass is 10.2. The maximum Gasteiger partial charge on any atom is 0.275 e. The van der Waals surface area contributed by atoms with Crippen LogP contribution in [0.3, 0.4) is 0 Å². The van der Waals surface area contributed by atoms with Gasteiger partial charge in [0.1, 0.15) is 5.69 Å². The van der Waals surface area contributed by atoms with Crippen molar-refractivity contribution in [2.45, 2.75) is 18.9 Å². The van der Waals surface area contributed by atoms with Gasteiger partial charge in [-0.2, -0.15) is 0 Å². The smallest absolute Gasteiger partial charge is 0.275 e. The van der Waals surface area contributed by atoms with Crippen molar-refractivity contribution < 1.29 is 9.21 Å². The normalized spacial score (nSPS) is 13.6. The predicted octanol–water partition coefficient (Wildman–Crippen LogP) is 3.64. The van der Waals surface area contributed by atoms with Crippen molar-refractivity contribution in [3.8, 4) is 22.2 Å². The Balaban J connectivity index is 1.31. The van der Waals surface area contributed by atoms with E-state index in [9.17, 15) is 4.79 Å². The molecule has 0 aliphatic heterocycles. The van der Waals surface area contributed by atoms with Gasteiger partial charge < -0.3 is 9.73 Å². The minimum absolute atomic E-state index is 0.264. The molecule has 0 unspecified atom stereocenters. The lowest BCUT2D eigenvalue weighted by molar-refractivity contribution is 0.102. The Kier molecular flexibility index (Phi) is 3.79. The quantitative estimate of drug-likeness (QED) is 0.569. The lowest BCUT2D eigenvalue weighted by Crippen LogP contribution is -2.12. The van der Waals surface area contributed by atoms with Crippen LogP contribution in [0.25, 0.3) is 22.2 Å². The fraction of sp³-hybridized carbons (Fsp3) is 0.167. The Hall–Kier alpha value is -3.33. The molecule has 134 valence electrons. The van der Waals surface area contributed by atoms with Crippen LogP contribution in [-0.4, -0.2) is 31.1 Å². The molecule has 1 aliphatic carbocycles. The third-order valence-electron chi connectivity index (χ3n) is 4.26. The van der Waals surface area contributed by atoms with E-state index in [-0.39, 0.29) is 5.91 Å². The molecule has 5 rings (SSSR count). The molecule has 0 saturated heterocycles. The van der Waals surface area contributed by atoms with Crippen molar-refractivity contribution in [2.24, 2.45) is 0 Å². The van der Waals surface area contributed by atoms with Gasteiger partial charge in [0.15, 0.2) is 16.6 Å². The van der Waals surface area contributed by atoms with E-state index in [1.165, 1.54) is 11.3 Å². The van der Waals surface area contributed by atoms with Gasteiger partial charge in [-0.15, -0.1) is 16.4 Å². The molecular formula is C18H14N6O2S. The number of benzene rings is 1. The summed E-state index contributed by atoms with van der Waals surface area (Å²) in [5.41, 5.74) is 1.95. The van der Waals surface area contributed by atoms with Crippen molar-refractivity contribution in [1.29, 1.82) is 0 Å². The first kappa shape index (κ1) is 15.9. The zero-order chi connectivity index (χ0) is 18.2. The van der Waals surface area contributed by atoms with E-state index in [0.717, 1.165) is 24.2 Å². The highest BCUT2D eigenvalue weighted by Crippen LogP contribution is 2.36. The second-order valence-electron chi connectivity index (χ2n) is 6.22. The van der Waals surface area contributed by atoms with Gasteiger partial charge in [0.2, 0.25) is 0 Å². The van der Waals surface area contributed by atoms with Gasteiger partial charge in [-0.05, 0) is 59.7 Å². The number of carbonyl (C=O) groups is 1. The zero-order valence-corrected chi connectivity index (χ0v) is 14.9. The monoisotopic (exact) mass is 378 g/mol. The fourth-order valence-electron chi connectivity index (χ4n) is 2.74. The van der Waals surface area contributed by atoms with Gasteiger partial charge >= 0.3 is 0 Å². The van der Waals surface area contributed by atoms with Crippen LogP contribution in [0.4, 0.5) is 5.69 Å². The topological polar surface area (TPSA) is 98.7 Å². The average Bonchev–Trinajstić information content (AvgIpc) is 3.15. The van der Waals surface area contributed by atoms with E-state index in [0.29, 0.717) is 28.2 Å². The SMILES string of the molecule is O=C(Nc1ccc(-c2nnnn2C2CC2)cc1)c1csc(-c2ccco2)n1. The van der Waals surface area contributed by atoms with Crippen molar-refractivity contribution >= 4 is 22.9 Å². The molecule has 0 spiro atoms. The molecule has 0 radical (unpaired) electrons. The average molecular weight is 378 g/mol. The van der Waals surface area contributed by atoms with Crippen LogP contribution in [0.2, 0.25) is 0 Å². The van der Waals surface area contributed by atoms with Crippen molar-refractivity contribution in [3.05, 3.63) is 53.7 Å². The first-order chi connectivity index (χ1) is 13.3. The van der Waals surface area contributed by atoms with E-state index >= 15 is 0 Å². The van der Waals surface area contributed by atoms with Gasteiger partial charge in [-0.3, -0.25) is 4.79 Å². The number of anilines is 1. The molecule has 0 atom stereocenters. The van der Waals surface area contributed by atoms with Gasteiger partial charge in [0.25, 0.3) is 5.91 Å². The van der Waals surface area contributed by atoms with Crippen LogP contribution < -0.4 is 5.32 Å². The standard InChI is InChI=1S/C18H14N6O2S/c25-17(14-10-27-18(20-14)15-2-1-9-26-15)19-12-5-3-11(4-6-12)16-21-22-23-24(16)13-7-8-13/h1-6,9-10,13H,7-8H2,(H,19,25). The Morgan fingerprint density at radius 2 is 2.07 bits per heavy atom. The summed E-state index contributed by atoms with van der Waals surface area (Å²) in [6.07, 6.45) is 3.80. The molecule has 0 bridgehead atoms. The summed E-state index contributed by atoms with van der Waals surface area (Å²) >= 11 is 1.37. The second-order valence-corrected chi connectivity index (χ2v) is 7.08. The van der Waals surface area contributed by atoms with Gasteiger partial charge in [0, 0.05) is 16.6 Å². The second kappa shape index (κ2) is 6.44. The number of tetrazole rings is 1. The molecule has 4 aromatic rings. The summed E-state index contributed by atoms with van der Waals surface area (Å²) in [5.74, 6) is 1.13. The number of hydrogen-bond acceptors (Lipinski definition) is 7. The maximum atomic E-state index is 12.4. The minimum atomic E-state index is -0.264. The minimum Gasteiger partial charge on any atom is -0.462 e. The van der Waals surface area contributed by atoms with Crippen molar-refractivity contribution in [3.63, 3.8) is 0 Å². The molecule has 1 aliphatic rings. The van der Waals surface area contributed by atoms with Crippen molar-refractivity contribution in [2.75, 3.05) is 5.32 Å². The van der Waals surface area contributed by atoms with E-state index < -0.39 is 0 Å². The summed E-state index contributed by atoms with van der Waals surface area (Å²) in [6.45, 7) is 0. The number of aromatic nitrogens is 5. The Bertz CT molecular complexity index is 1080. The number of thiazole rings is 1. The summed E-state index contributed by atoms with van der Waals surface area (Å²) in [5, 5.41) is 17.2. The number of furan rings is 1. The molecule has 8 nitrogen and oxygen atoms in total. The van der Waals surface area contributed by atoms with E-state index in [2.05, 4.69) is 25.8 Å². The third-order valence-corrected chi connectivity index (χ3v) is 5.11. The summed E-state index contributed by atoms with van der Waals surface area (Å²) in [4.78, 5) is 16.8. The highest BCUT2D eigenvalue weighted by molar-refractivity contribution is 7.13. The number of hydrogen-bond donors (Lipinski definition) is 1. The first-order valence-electron chi connectivity index (χ1n) is 8.47. The molecular weight excluding hydrogens is 364 g/mol. The molecule has 27 heavy (non-hydrogen) atoms. The summed E-state index contributed by atoms with van der Waals surface area (Å²) in [6, 6.07) is 11.5. The van der Waals surface area contributed by atoms with Crippen LogP contribution in [-0.2, 0) is 0 Å². The maximum absolute atomic E-state index is 12.4. The van der Waals surface area contributed by atoms with Crippen LogP contribution in [0, 0.1) is 0 Å². The largest absolute Gasteiger partial charge is 0.462 e. The summed E-state index contributed by atoms with van der Waals surface area (Å²) in [7, 11) is 0. The Morgan fingerprint density at radius 3 is 2.81 bits per heavy atom. The molecule has 9 heteroatoms. The van der Waals surface area contributed by atoms with Crippen LogP contribution >= 0.6 is 11.3 Å². The molecule has 1 N–H and O–H groups in total. The lowest BCUT2D eigenvalue weighted by Gasteiger charge is -2.06. The number of carbonyl (C=O) groups excluding carboxylic acids is 1. The van der Waals surface area contributed by atoms with E-state index in [1.54, 1.807) is 17.7 Å². The fourth-order valence-corrected chi connectivity index (χ4v) is 3.50. The van der Waals surface area contributed by atoms with Crippen LogP contribution in [0.15, 0.2) is 52.5 Å². The Labute approximate surface area is 157 Å². The zero-order valence-electron chi connectivity index (χ0n) is 14.1. The molecule has 1 aromatic carbocycles. The highest BCUT2D eigenvalue weighted by atomic mass is 32.1. The summed E-state index contributed by atoms with van der Waals surface area (Å²) < 4.78 is 7.17. The molecule has 1 saturated carbocycles. The van der Waals surface area contributed by atoms with Gasteiger partial charge in [-0.25, -0.2) is 9.67 Å². The van der Waals surface area contributed by atoms with Crippen LogP contribution in [0.5, 0.6) is 0 Å². The number of rotatable bonds is 5. The predicted molar refractivity (Wildman–Crippen MR) is 99.3 cm³/mol. The van der Waals surface area contributed by atoms with Crippen LogP contribution in [0.1, 0.15) is 29.4 Å². The number of nitrogens with zero attached hydrogens (tertiary/aromatic N) is 5. The van der Waals surface area contributed by atoms with E-state index in [4.69, 9.17) is 4.42 Å². The Morgan fingerprint density at radius 1 is 1.22 bits per heavy atom. The number of nitrogens with one attached hydrogen (secondary N) is 1. The highest BCUT2D eigenvalue weighted by Gasteiger charge is 2.28. The number of amides is 1. The van der Waals surface area contributed by atoms with Crippen molar-refractivity contribution in [1.82, 2.24) is 25.2 Å². The molecule has 3 heterocycles. The van der Waals surface area contributed by atoms with Gasteiger partial charge in [-0.1, -0.05) is 0 Å². The third kappa shape index (κ3) is 3.13. The molecule has 1 amide bonds. The van der Waals surface area contributed by atoms with E-state index in [1.807, 2.05) is 35.0 Å². The molecule has 3 aromatic heterocycles. The molecule has 1 fully saturated rings.